The molecule has 1 saturated carbocycles. The average Bonchev–Trinajstić information content (AvgIpc) is 2.85. The van der Waals surface area contributed by atoms with Gasteiger partial charge >= 0.3 is 12.0 Å². The second-order valence-corrected chi connectivity index (χ2v) is 5.51. The minimum Gasteiger partial charge on any atom is -0.481 e. The van der Waals surface area contributed by atoms with Crippen LogP contribution in [0.2, 0.25) is 0 Å². The Morgan fingerprint density at radius 2 is 2.19 bits per heavy atom. The Balaban J connectivity index is 1.74. The molecule has 1 fully saturated rings. The van der Waals surface area contributed by atoms with Gasteiger partial charge in [0.25, 0.3) is 0 Å². The van der Waals surface area contributed by atoms with Crippen molar-refractivity contribution in [2.24, 2.45) is 13.0 Å². The lowest BCUT2D eigenvalue weighted by Crippen LogP contribution is -2.49. The molecule has 0 bridgehead atoms. The van der Waals surface area contributed by atoms with E-state index in [0.29, 0.717) is 19.4 Å². The summed E-state index contributed by atoms with van der Waals surface area (Å²) in [5.74, 6) is -1.29. The van der Waals surface area contributed by atoms with E-state index in [4.69, 9.17) is 5.11 Å². The van der Waals surface area contributed by atoms with Crippen molar-refractivity contribution in [3.63, 3.8) is 0 Å². The summed E-state index contributed by atoms with van der Waals surface area (Å²) in [6.07, 6.45) is 7.61. The lowest BCUT2D eigenvalue weighted by atomic mass is 9.84. The number of aromatic nitrogens is 2. The van der Waals surface area contributed by atoms with Crippen molar-refractivity contribution in [1.29, 1.82) is 0 Å². The number of hydrogen-bond donors (Lipinski definition) is 3. The summed E-state index contributed by atoms with van der Waals surface area (Å²) in [5.41, 5.74) is 1.05. The van der Waals surface area contributed by atoms with Gasteiger partial charge in [0.2, 0.25) is 0 Å². The summed E-state index contributed by atoms with van der Waals surface area (Å²) in [7, 11) is 1.85. The molecule has 0 saturated heterocycles. The predicted molar refractivity (Wildman–Crippen MR) is 76.8 cm³/mol. The van der Waals surface area contributed by atoms with Crippen LogP contribution in [0.1, 0.15) is 31.2 Å². The summed E-state index contributed by atoms with van der Waals surface area (Å²) < 4.78 is 1.72. The number of aliphatic carboxylic acids is 1. The SMILES string of the molecule is Cn1cc(CCNC(=O)NC2CCCCC2C(=O)O)cn1. The van der Waals surface area contributed by atoms with Crippen molar-refractivity contribution in [3.8, 4) is 0 Å². The number of aryl methyl sites for hydroxylation is 1. The van der Waals surface area contributed by atoms with Crippen LogP contribution in [0.4, 0.5) is 4.79 Å². The van der Waals surface area contributed by atoms with Crippen molar-refractivity contribution in [2.75, 3.05) is 6.54 Å². The first kappa shape index (κ1) is 15.3. The van der Waals surface area contributed by atoms with Crippen LogP contribution in [0.5, 0.6) is 0 Å². The fourth-order valence-electron chi connectivity index (χ4n) is 2.74. The topological polar surface area (TPSA) is 96.2 Å². The predicted octanol–water partition coefficient (Wildman–Crippen LogP) is 0.905. The summed E-state index contributed by atoms with van der Waals surface area (Å²) in [5, 5.41) is 18.8. The van der Waals surface area contributed by atoms with Gasteiger partial charge in [-0.3, -0.25) is 9.48 Å². The highest BCUT2D eigenvalue weighted by Crippen LogP contribution is 2.24. The van der Waals surface area contributed by atoms with Crippen LogP contribution >= 0.6 is 0 Å². The number of carbonyl (C=O) groups is 2. The molecule has 2 rings (SSSR count). The molecule has 0 spiro atoms. The summed E-state index contributed by atoms with van der Waals surface area (Å²) in [6.45, 7) is 0.502. The molecule has 3 N–H and O–H groups in total. The molecule has 2 unspecified atom stereocenters. The molecule has 1 aromatic heterocycles. The van der Waals surface area contributed by atoms with E-state index in [-0.39, 0.29) is 12.1 Å². The van der Waals surface area contributed by atoms with Gasteiger partial charge in [-0.2, -0.15) is 5.10 Å². The number of rotatable bonds is 5. The van der Waals surface area contributed by atoms with Crippen molar-refractivity contribution >= 4 is 12.0 Å². The molecule has 21 heavy (non-hydrogen) atoms. The molecule has 1 aliphatic rings. The normalized spacial score (nSPS) is 21.8. The number of carboxylic acid groups (broad SMARTS) is 1. The van der Waals surface area contributed by atoms with Gasteiger partial charge < -0.3 is 15.7 Å². The second-order valence-electron chi connectivity index (χ2n) is 5.51. The third-order valence-electron chi connectivity index (χ3n) is 3.86. The monoisotopic (exact) mass is 294 g/mol. The van der Waals surface area contributed by atoms with E-state index >= 15 is 0 Å². The zero-order valence-electron chi connectivity index (χ0n) is 12.2. The molecule has 2 atom stereocenters. The molecule has 1 aromatic rings. The largest absolute Gasteiger partial charge is 0.481 e. The van der Waals surface area contributed by atoms with E-state index in [0.717, 1.165) is 24.8 Å². The Hall–Kier alpha value is -2.05. The molecular formula is C14H22N4O3. The number of urea groups is 1. The molecular weight excluding hydrogens is 272 g/mol. The molecule has 7 nitrogen and oxygen atoms in total. The molecule has 0 aromatic carbocycles. The van der Waals surface area contributed by atoms with Gasteiger partial charge in [0.15, 0.2) is 0 Å². The maximum absolute atomic E-state index is 11.8. The molecule has 0 radical (unpaired) electrons. The quantitative estimate of drug-likeness (QED) is 0.752. The first-order valence-electron chi connectivity index (χ1n) is 7.31. The van der Waals surface area contributed by atoms with Crippen LogP contribution in [0.3, 0.4) is 0 Å². The third-order valence-corrected chi connectivity index (χ3v) is 3.86. The van der Waals surface area contributed by atoms with E-state index in [9.17, 15) is 9.59 Å². The second kappa shape index (κ2) is 7.10. The Bertz CT molecular complexity index is 500. The van der Waals surface area contributed by atoms with E-state index in [1.54, 1.807) is 10.9 Å². The number of carboxylic acids is 1. The molecule has 116 valence electrons. The number of amides is 2. The van der Waals surface area contributed by atoms with Crippen molar-refractivity contribution in [2.45, 2.75) is 38.1 Å². The molecule has 7 heteroatoms. The highest BCUT2D eigenvalue weighted by atomic mass is 16.4. The van der Waals surface area contributed by atoms with E-state index < -0.39 is 11.9 Å². The van der Waals surface area contributed by atoms with Crippen LogP contribution in [-0.4, -0.2) is 39.5 Å². The highest BCUT2D eigenvalue weighted by molar-refractivity contribution is 5.76. The van der Waals surface area contributed by atoms with Crippen molar-refractivity contribution < 1.29 is 14.7 Å². The fourth-order valence-corrected chi connectivity index (χ4v) is 2.74. The summed E-state index contributed by atoms with van der Waals surface area (Å²) in [6, 6.07) is -0.563. The van der Waals surface area contributed by atoms with Crippen molar-refractivity contribution in [1.82, 2.24) is 20.4 Å². The number of carbonyl (C=O) groups excluding carboxylic acids is 1. The van der Waals surface area contributed by atoms with Crippen molar-refractivity contribution in [3.05, 3.63) is 18.0 Å². The van der Waals surface area contributed by atoms with E-state index in [1.807, 2.05) is 13.2 Å². The Morgan fingerprint density at radius 3 is 2.86 bits per heavy atom. The zero-order chi connectivity index (χ0) is 15.2. The molecule has 1 aliphatic carbocycles. The average molecular weight is 294 g/mol. The number of nitrogens with zero attached hydrogens (tertiary/aromatic N) is 2. The lowest BCUT2D eigenvalue weighted by Gasteiger charge is -2.29. The maximum Gasteiger partial charge on any atom is 0.315 e. The van der Waals surface area contributed by atoms with Gasteiger partial charge in [-0.05, 0) is 24.8 Å². The van der Waals surface area contributed by atoms with Crippen LogP contribution in [0.15, 0.2) is 12.4 Å². The standard InChI is InChI=1S/C14H22N4O3/c1-18-9-10(8-16-18)6-7-15-14(21)17-12-5-3-2-4-11(12)13(19)20/h8-9,11-12H,2-7H2,1H3,(H,19,20)(H2,15,17,21). The van der Waals surface area contributed by atoms with Gasteiger partial charge in [0.1, 0.15) is 0 Å². The van der Waals surface area contributed by atoms with Gasteiger partial charge in [0.05, 0.1) is 12.1 Å². The van der Waals surface area contributed by atoms with Gasteiger partial charge in [0, 0.05) is 25.8 Å². The molecule has 0 aliphatic heterocycles. The Kier molecular flexibility index (Phi) is 5.19. The van der Waals surface area contributed by atoms with Crippen LogP contribution in [-0.2, 0) is 18.3 Å². The summed E-state index contributed by atoms with van der Waals surface area (Å²) >= 11 is 0. The van der Waals surface area contributed by atoms with E-state index in [1.165, 1.54) is 0 Å². The zero-order valence-corrected chi connectivity index (χ0v) is 12.2. The number of nitrogens with one attached hydrogen (secondary N) is 2. The van der Waals surface area contributed by atoms with Crippen LogP contribution in [0, 0.1) is 5.92 Å². The van der Waals surface area contributed by atoms with Gasteiger partial charge in [-0.25, -0.2) is 4.79 Å². The van der Waals surface area contributed by atoms with Crippen LogP contribution < -0.4 is 10.6 Å². The maximum atomic E-state index is 11.8. The highest BCUT2D eigenvalue weighted by Gasteiger charge is 2.31. The summed E-state index contributed by atoms with van der Waals surface area (Å²) in [4.78, 5) is 23.0. The smallest absolute Gasteiger partial charge is 0.315 e. The fraction of sp³-hybridized carbons (Fsp3) is 0.643. The Morgan fingerprint density at radius 1 is 1.43 bits per heavy atom. The minimum atomic E-state index is -0.824. The molecule has 1 heterocycles. The minimum absolute atomic E-state index is 0.269. The lowest BCUT2D eigenvalue weighted by molar-refractivity contribution is -0.143. The van der Waals surface area contributed by atoms with Gasteiger partial charge in [-0.15, -0.1) is 0 Å². The van der Waals surface area contributed by atoms with E-state index in [2.05, 4.69) is 15.7 Å². The molecule has 2 amide bonds. The Labute approximate surface area is 123 Å². The first-order chi connectivity index (χ1) is 10.1. The van der Waals surface area contributed by atoms with Gasteiger partial charge in [-0.1, -0.05) is 12.8 Å². The first-order valence-corrected chi connectivity index (χ1v) is 7.31. The number of hydrogen-bond acceptors (Lipinski definition) is 3. The van der Waals surface area contributed by atoms with Crippen LogP contribution in [0.25, 0.3) is 0 Å². The third kappa shape index (κ3) is 4.47.